The molecule has 0 amide bonds. The smallest absolute Gasteiger partial charge is 0.164 e. The Bertz CT molecular complexity index is 3740. The molecule has 0 unspecified atom stereocenters. The Kier molecular flexibility index (Phi) is 9.51. The first-order valence-electron chi connectivity index (χ1n) is 22.8. The summed E-state index contributed by atoms with van der Waals surface area (Å²) in [5, 5.41) is 1.09. The van der Waals surface area contributed by atoms with E-state index in [0.29, 0.717) is 23.3 Å². The van der Waals surface area contributed by atoms with Crippen molar-refractivity contribution in [2.75, 3.05) is 0 Å². The minimum absolute atomic E-state index is 0.538. The van der Waals surface area contributed by atoms with Gasteiger partial charge in [-0.05, 0) is 68.8 Å². The summed E-state index contributed by atoms with van der Waals surface area (Å²) in [5.41, 5.74) is 14.8. The van der Waals surface area contributed by atoms with Gasteiger partial charge in [-0.25, -0.2) is 24.9 Å². The molecule has 5 nitrogen and oxygen atoms in total. The van der Waals surface area contributed by atoms with Crippen molar-refractivity contribution in [3.8, 4) is 79.1 Å². The molecule has 6 heteroatoms. The molecule has 0 bridgehead atoms. The van der Waals surface area contributed by atoms with Crippen LogP contribution in [0.1, 0.15) is 22.3 Å². The third kappa shape index (κ3) is 6.49. The van der Waals surface area contributed by atoms with E-state index in [1.165, 1.54) is 16.7 Å². The first-order chi connectivity index (χ1) is 33.7. The van der Waals surface area contributed by atoms with Crippen LogP contribution in [0.2, 0.25) is 0 Å². The van der Waals surface area contributed by atoms with E-state index in [9.17, 15) is 0 Å². The minimum Gasteiger partial charge on any atom is -0.226 e. The van der Waals surface area contributed by atoms with Crippen LogP contribution in [0.15, 0.2) is 237 Å². The van der Waals surface area contributed by atoms with Gasteiger partial charge in [-0.1, -0.05) is 212 Å². The zero-order valence-corrected chi connectivity index (χ0v) is 37.5. The summed E-state index contributed by atoms with van der Waals surface area (Å²) in [5.74, 6) is 2.30. The molecule has 3 aromatic heterocycles. The van der Waals surface area contributed by atoms with E-state index in [-0.39, 0.29) is 0 Å². The molecule has 0 saturated carbocycles. The number of thiophene rings is 1. The standard InChI is InChI=1S/C62H39N5S/c1-6-21-40(22-7-1)43-27-20-28-44(37-43)55-57-56(48-34-17-19-36-54(48)68-57)64-60(63-55)51-39-53-49(47-33-16-18-35-52(47)62(53,45-29-12-4-13-30-45)46-31-14-5-15-32-46)38-50(51)61-66-58(41-23-8-2-9-24-41)65-59(67-61)42-25-10-3-11-26-42/h1-39H. The lowest BCUT2D eigenvalue weighted by Crippen LogP contribution is -2.28. The third-order valence-corrected chi connectivity index (χ3v) is 14.4. The van der Waals surface area contributed by atoms with Crippen molar-refractivity contribution in [2.24, 2.45) is 0 Å². The fourth-order valence-electron chi connectivity index (χ4n) is 10.2. The molecule has 3 heterocycles. The lowest BCUT2D eigenvalue weighted by molar-refractivity contribution is 0.768. The van der Waals surface area contributed by atoms with Gasteiger partial charge in [0.25, 0.3) is 0 Å². The summed E-state index contributed by atoms with van der Waals surface area (Å²) < 4.78 is 2.19. The molecule has 0 spiro atoms. The minimum atomic E-state index is -0.669. The lowest BCUT2D eigenvalue weighted by atomic mass is 9.67. The van der Waals surface area contributed by atoms with Gasteiger partial charge in [0, 0.05) is 37.9 Å². The van der Waals surface area contributed by atoms with E-state index >= 15 is 0 Å². The van der Waals surface area contributed by atoms with E-state index in [1.807, 2.05) is 36.4 Å². The lowest BCUT2D eigenvalue weighted by Gasteiger charge is -2.34. The Morgan fingerprint density at radius 2 is 0.809 bits per heavy atom. The molecule has 1 aliphatic carbocycles. The molecule has 13 rings (SSSR count). The van der Waals surface area contributed by atoms with E-state index in [2.05, 4.69) is 200 Å². The van der Waals surface area contributed by atoms with Crippen LogP contribution in [-0.4, -0.2) is 24.9 Å². The largest absolute Gasteiger partial charge is 0.226 e. The average molecular weight is 886 g/mol. The molecule has 0 N–H and O–H groups in total. The summed E-state index contributed by atoms with van der Waals surface area (Å²) >= 11 is 1.74. The quantitative estimate of drug-likeness (QED) is 0.152. The first-order valence-corrected chi connectivity index (χ1v) is 23.6. The molecule has 12 aromatic rings. The monoisotopic (exact) mass is 885 g/mol. The predicted molar refractivity (Wildman–Crippen MR) is 278 cm³/mol. The van der Waals surface area contributed by atoms with Gasteiger partial charge in [0.2, 0.25) is 0 Å². The maximum absolute atomic E-state index is 5.71. The predicted octanol–water partition coefficient (Wildman–Crippen LogP) is 15.4. The van der Waals surface area contributed by atoms with Crippen LogP contribution in [0.5, 0.6) is 0 Å². The van der Waals surface area contributed by atoms with Crippen LogP contribution in [0.25, 0.3) is 99.4 Å². The zero-order chi connectivity index (χ0) is 45.0. The first kappa shape index (κ1) is 39.6. The normalized spacial score (nSPS) is 12.5. The van der Waals surface area contributed by atoms with Crippen molar-refractivity contribution >= 4 is 31.6 Å². The number of fused-ring (bicyclic) bond motifs is 6. The number of benzene rings is 9. The topological polar surface area (TPSA) is 64.5 Å². The Morgan fingerprint density at radius 1 is 0.309 bits per heavy atom. The van der Waals surface area contributed by atoms with Gasteiger partial charge in [-0.15, -0.1) is 11.3 Å². The van der Waals surface area contributed by atoms with Crippen molar-refractivity contribution < 1.29 is 0 Å². The number of aromatic nitrogens is 5. The van der Waals surface area contributed by atoms with Crippen LogP contribution in [0.3, 0.4) is 0 Å². The molecule has 0 fully saturated rings. The van der Waals surface area contributed by atoms with Crippen molar-refractivity contribution in [1.82, 2.24) is 24.9 Å². The van der Waals surface area contributed by atoms with Crippen molar-refractivity contribution in [2.45, 2.75) is 5.41 Å². The van der Waals surface area contributed by atoms with Gasteiger partial charge >= 0.3 is 0 Å². The number of rotatable bonds is 8. The van der Waals surface area contributed by atoms with Gasteiger partial charge in [0.15, 0.2) is 23.3 Å². The molecular formula is C62H39N5S. The molecule has 0 aliphatic heterocycles. The molecule has 1 aliphatic rings. The highest BCUT2D eigenvalue weighted by molar-refractivity contribution is 7.26. The molecule has 0 saturated heterocycles. The van der Waals surface area contributed by atoms with Crippen LogP contribution in [0.4, 0.5) is 0 Å². The summed E-state index contributed by atoms with van der Waals surface area (Å²) in [4.78, 5) is 27.2. The maximum atomic E-state index is 5.71. The van der Waals surface area contributed by atoms with Gasteiger partial charge in [0.05, 0.1) is 21.3 Å². The van der Waals surface area contributed by atoms with Gasteiger partial charge < -0.3 is 0 Å². The Balaban J connectivity index is 1.16. The fourth-order valence-corrected chi connectivity index (χ4v) is 11.3. The average Bonchev–Trinajstić information content (AvgIpc) is 3.95. The summed E-state index contributed by atoms with van der Waals surface area (Å²) in [6.07, 6.45) is 0. The highest BCUT2D eigenvalue weighted by Gasteiger charge is 2.47. The van der Waals surface area contributed by atoms with Gasteiger partial charge in [0.1, 0.15) is 0 Å². The van der Waals surface area contributed by atoms with Crippen LogP contribution < -0.4 is 0 Å². The summed E-state index contributed by atoms with van der Waals surface area (Å²) in [7, 11) is 0. The number of hydrogen-bond donors (Lipinski definition) is 0. The second kappa shape index (κ2) is 16.3. The van der Waals surface area contributed by atoms with Crippen molar-refractivity contribution in [3.05, 3.63) is 259 Å². The van der Waals surface area contributed by atoms with Crippen LogP contribution in [-0.2, 0) is 5.41 Å². The third-order valence-electron chi connectivity index (χ3n) is 13.2. The van der Waals surface area contributed by atoms with E-state index in [0.717, 1.165) is 81.6 Å². The molecule has 9 aromatic carbocycles. The van der Waals surface area contributed by atoms with Crippen LogP contribution >= 0.6 is 11.3 Å². The Hall–Kier alpha value is -8.71. The van der Waals surface area contributed by atoms with Crippen molar-refractivity contribution in [1.29, 1.82) is 0 Å². The molecule has 318 valence electrons. The zero-order valence-electron chi connectivity index (χ0n) is 36.7. The maximum Gasteiger partial charge on any atom is 0.164 e. The van der Waals surface area contributed by atoms with E-state index in [1.54, 1.807) is 11.3 Å². The second-order valence-corrected chi connectivity index (χ2v) is 18.2. The van der Waals surface area contributed by atoms with E-state index < -0.39 is 5.41 Å². The Morgan fingerprint density at radius 3 is 1.47 bits per heavy atom. The molecular weight excluding hydrogens is 847 g/mol. The van der Waals surface area contributed by atoms with Gasteiger partial charge in [-0.3, -0.25) is 0 Å². The second-order valence-electron chi connectivity index (χ2n) is 17.1. The summed E-state index contributed by atoms with van der Waals surface area (Å²) in [6, 6.07) is 83.4. The highest BCUT2D eigenvalue weighted by Crippen LogP contribution is 2.58. The van der Waals surface area contributed by atoms with Crippen molar-refractivity contribution in [3.63, 3.8) is 0 Å². The van der Waals surface area contributed by atoms with Crippen LogP contribution in [0, 0.1) is 0 Å². The SMILES string of the molecule is c1ccc(-c2cccc(-c3nc(-c4cc5c(cc4-c4nc(-c6ccccc6)nc(-c6ccccc6)n4)-c4ccccc4C5(c4ccccc4)c4ccccc4)nc4c3sc3ccccc34)c2)cc1. The molecule has 0 radical (unpaired) electrons. The fraction of sp³-hybridized carbons (Fsp3) is 0.0161. The van der Waals surface area contributed by atoms with Gasteiger partial charge in [-0.2, -0.15) is 0 Å². The molecule has 68 heavy (non-hydrogen) atoms. The Labute approximate surface area is 397 Å². The summed E-state index contributed by atoms with van der Waals surface area (Å²) in [6.45, 7) is 0. The molecule has 0 atom stereocenters. The number of hydrogen-bond acceptors (Lipinski definition) is 6. The van der Waals surface area contributed by atoms with E-state index in [4.69, 9.17) is 24.9 Å². The highest BCUT2D eigenvalue weighted by atomic mass is 32.1. The number of nitrogens with zero attached hydrogens (tertiary/aromatic N) is 5.